The van der Waals surface area contributed by atoms with Gasteiger partial charge in [0.05, 0.1) is 12.8 Å². The second-order valence-electron chi connectivity index (χ2n) is 14.0. The predicted octanol–water partition coefficient (Wildman–Crippen LogP) is 0.452. The Morgan fingerprint density at radius 3 is 1.72 bits per heavy atom. The van der Waals surface area contributed by atoms with Gasteiger partial charge >= 0.3 is 5.97 Å². The van der Waals surface area contributed by atoms with E-state index < -0.39 is 102 Å². The average Bonchev–Trinajstić information content (AvgIpc) is 3.12. The number of primary amides is 2. The van der Waals surface area contributed by atoms with Crippen LogP contribution in [0.25, 0.3) is 6.08 Å². The van der Waals surface area contributed by atoms with Crippen molar-refractivity contribution in [1.29, 1.82) is 0 Å². The van der Waals surface area contributed by atoms with Crippen LogP contribution < -0.4 is 38.1 Å². The molecular weight excluding hydrogens is 738 g/mol. The third-order valence-corrected chi connectivity index (χ3v) is 8.19. The fraction of sp³-hybridized carbons (Fsp3) is 0.400. The minimum Gasteiger partial charge on any atom is -0.508 e. The number of benzene rings is 1. The number of rotatable bonds is 14. The summed E-state index contributed by atoms with van der Waals surface area (Å²) in [5, 5.41) is 21.5. The molecule has 0 radical (unpaired) electrons. The van der Waals surface area contributed by atoms with Crippen molar-refractivity contribution in [3.05, 3.63) is 84.5 Å². The lowest BCUT2D eigenvalue weighted by Gasteiger charge is -2.31. The molecular formula is C40H53N7O10. The van der Waals surface area contributed by atoms with Gasteiger partial charge in [0.1, 0.15) is 42.1 Å². The van der Waals surface area contributed by atoms with Crippen molar-refractivity contribution in [2.24, 2.45) is 23.3 Å². The van der Waals surface area contributed by atoms with Crippen LogP contribution in [0.1, 0.15) is 59.4 Å². The lowest BCUT2D eigenvalue weighted by atomic mass is 10.0. The van der Waals surface area contributed by atoms with Crippen molar-refractivity contribution < 1.29 is 48.2 Å². The van der Waals surface area contributed by atoms with Crippen LogP contribution in [0, 0.1) is 11.8 Å². The molecule has 10 N–H and O–H groups in total. The molecule has 7 amide bonds. The van der Waals surface area contributed by atoms with Crippen molar-refractivity contribution in [3.8, 4) is 5.75 Å². The van der Waals surface area contributed by atoms with Crippen LogP contribution in [0.4, 0.5) is 0 Å². The number of phenols is 1. The Kier molecular flexibility index (Phi) is 19.2. The van der Waals surface area contributed by atoms with E-state index in [4.69, 9.17) is 16.2 Å². The van der Waals surface area contributed by atoms with E-state index >= 15 is 0 Å². The molecule has 1 fully saturated rings. The molecule has 1 aliphatic heterocycles. The zero-order valence-corrected chi connectivity index (χ0v) is 32.6. The fourth-order valence-electron chi connectivity index (χ4n) is 5.30. The van der Waals surface area contributed by atoms with Gasteiger partial charge in [0.15, 0.2) is 0 Å². The Hall–Kier alpha value is -6.52. The number of amides is 7. The highest BCUT2D eigenvalue weighted by Crippen LogP contribution is 2.13. The topological polar surface area (TPSA) is 278 Å². The van der Waals surface area contributed by atoms with Gasteiger partial charge in [-0.15, -0.1) is 0 Å². The smallest absolute Gasteiger partial charge is 0.328 e. The van der Waals surface area contributed by atoms with Gasteiger partial charge in [0.25, 0.3) is 0 Å². The van der Waals surface area contributed by atoms with E-state index in [1.165, 1.54) is 13.0 Å². The molecule has 1 aromatic carbocycles. The highest BCUT2D eigenvalue weighted by atomic mass is 16.5. The summed E-state index contributed by atoms with van der Waals surface area (Å²) in [5.74, 6) is -8.27. The van der Waals surface area contributed by atoms with Crippen LogP contribution in [0.3, 0.4) is 0 Å². The zero-order valence-electron chi connectivity index (χ0n) is 32.6. The van der Waals surface area contributed by atoms with Gasteiger partial charge in [0, 0.05) is 6.08 Å². The molecule has 308 valence electrons. The van der Waals surface area contributed by atoms with Gasteiger partial charge in [0.2, 0.25) is 41.4 Å². The first-order valence-electron chi connectivity index (χ1n) is 18.3. The number of ether oxygens (including phenoxy) is 1. The molecule has 17 nitrogen and oxygen atoms in total. The number of allylic oxidation sites excluding steroid dienone is 8. The Morgan fingerprint density at radius 1 is 0.719 bits per heavy atom. The highest BCUT2D eigenvalue weighted by Gasteiger charge is 2.38. The zero-order chi connectivity index (χ0) is 42.7. The number of esters is 1. The molecule has 0 aliphatic carbocycles. The van der Waals surface area contributed by atoms with Crippen molar-refractivity contribution in [2.75, 3.05) is 0 Å². The fourth-order valence-corrected chi connectivity index (χ4v) is 5.30. The normalized spacial score (nSPS) is 23.2. The van der Waals surface area contributed by atoms with E-state index in [-0.39, 0.29) is 18.1 Å². The highest BCUT2D eigenvalue weighted by molar-refractivity contribution is 5.99. The molecule has 0 bridgehead atoms. The number of nitrogens with one attached hydrogen (secondary N) is 5. The summed E-state index contributed by atoms with van der Waals surface area (Å²) < 4.78 is 5.62. The van der Waals surface area contributed by atoms with Crippen LogP contribution >= 0.6 is 0 Å². The molecule has 1 aliphatic rings. The van der Waals surface area contributed by atoms with Crippen molar-refractivity contribution in [1.82, 2.24) is 26.6 Å². The number of phenolic OH excluding ortho intramolecular Hbond substituents is 1. The standard InChI is InChI=1S/C40H53N7O10/c1-23(2)20-30-40(56)57-25(5)35(46-33(51)15-13-11-9-7-6-8-10-12-14-26-16-18-27(48)19-17-26)39(55)47-34(24(3)4)38(54)44-29(22-32(42)50)36(52)43-28(21-31(41)49)37(53)45-30/h6-19,23-25,28-30,34-35,48H,20-22H2,1-5H3,(H2,41,49)(H2,42,50)(H,43,52)(H,44,54)(H,45,53)(H,46,51)(H,47,55)/b7-6+,10-8+,11-9+,14-12+,15-13+/t25-,28+,29+,30+,34+,35+/m1/s1. The SMILES string of the molecule is CC(C)C[C@@H]1NC(=O)[C@H](CC(N)=O)NC(=O)[C@H](CC(N)=O)NC(=O)[C@H](C(C)C)NC(=O)[C@@H](NC(=O)/C=C/C=C/C=C/C=C/C=C/c2ccc(O)cc2)[C@@H](C)OC1=O. The maximum Gasteiger partial charge on any atom is 0.328 e. The molecule has 0 saturated carbocycles. The summed E-state index contributed by atoms with van der Waals surface area (Å²) >= 11 is 0. The molecule has 6 atom stereocenters. The van der Waals surface area contributed by atoms with Crippen LogP contribution in [-0.2, 0) is 43.1 Å². The molecule has 1 aromatic rings. The van der Waals surface area contributed by atoms with Crippen LogP contribution in [0.15, 0.2) is 78.9 Å². The van der Waals surface area contributed by atoms with Crippen molar-refractivity contribution in [2.45, 2.75) is 90.2 Å². The van der Waals surface area contributed by atoms with E-state index in [0.29, 0.717) is 0 Å². The van der Waals surface area contributed by atoms with Gasteiger partial charge in [-0.3, -0.25) is 33.6 Å². The first kappa shape index (κ1) is 46.6. The molecule has 2 rings (SSSR count). The van der Waals surface area contributed by atoms with E-state index in [2.05, 4.69) is 26.6 Å². The Labute approximate surface area is 331 Å². The number of hydrogen-bond donors (Lipinski definition) is 8. The van der Waals surface area contributed by atoms with E-state index in [9.17, 15) is 43.5 Å². The maximum atomic E-state index is 13.8. The number of nitrogens with two attached hydrogens (primary N) is 2. The summed E-state index contributed by atoms with van der Waals surface area (Å²) in [4.78, 5) is 104. The molecule has 0 unspecified atom stereocenters. The Balaban J connectivity index is 2.38. The molecule has 0 spiro atoms. The molecule has 1 saturated heterocycles. The van der Waals surface area contributed by atoms with Gasteiger partial charge in [-0.25, -0.2) is 4.79 Å². The van der Waals surface area contributed by atoms with Gasteiger partial charge in [-0.1, -0.05) is 94.5 Å². The second kappa shape index (κ2) is 23.4. The summed E-state index contributed by atoms with van der Waals surface area (Å²) in [7, 11) is 0. The first-order chi connectivity index (χ1) is 26.9. The molecule has 57 heavy (non-hydrogen) atoms. The van der Waals surface area contributed by atoms with Crippen molar-refractivity contribution >= 4 is 53.4 Å². The number of carbonyl (C=O) groups is 8. The second-order valence-corrected chi connectivity index (χ2v) is 14.0. The van der Waals surface area contributed by atoms with Gasteiger partial charge < -0.3 is 47.9 Å². The monoisotopic (exact) mass is 791 g/mol. The van der Waals surface area contributed by atoms with E-state index in [1.54, 1.807) is 88.4 Å². The Morgan fingerprint density at radius 2 is 1.21 bits per heavy atom. The summed E-state index contributed by atoms with van der Waals surface area (Å²) in [6.45, 7) is 8.03. The summed E-state index contributed by atoms with van der Waals surface area (Å²) in [5.41, 5.74) is 11.6. The average molecular weight is 792 g/mol. The minimum absolute atomic E-state index is 0.0311. The number of carbonyl (C=O) groups excluding carboxylic acids is 8. The lowest BCUT2D eigenvalue weighted by Crippen LogP contribution is -2.62. The summed E-state index contributed by atoms with van der Waals surface area (Å²) in [6.07, 6.45) is 13.7. The minimum atomic E-state index is -1.65. The summed E-state index contributed by atoms with van der Waals surface area (Å²) in [6, 6.07) is -0.817. The van der Waals surface area contributed by atoms with E-state index in [0.717, 1.165) is 11.6 Å². The van der Waals surface area contributed by atoms with Crippen LogP contribution in [0.5, 0.6) is 5.75 Å². The van der Waals surface area contributed by atoms with Crippen molar-refractivity contribution in [3.63, 3.8) is 0 Å². The van der Waals surface area contributed by atoms with Gasteiger partial charge in [-0.05, 0) is 42.9 Å². The molecule has 0 aromatic heterocycles. The van der Waals surface area contributed by atoms with Crippen LogP contribution in [-0.4, -0.2) is 88.7 Å². The van der Waals surface area contributed by atoms with E-state index in [1.807, 2.05) is 12.2 Å². The third-order valence-electron chi connectivity index (χ3n) is 8.19. The Bertz CT molecular complexity index is 1770. The maximum absolute atomic E-state index is 13.8. The largest absolute Gasteiger partial charge is 0.508 e. The van der Waals surface area contributed by atoms with Gasteiger partial charge in [-0.2, -0.15) is 0 Å². The molecule has 1 heterocycles. The number of hydrogen-bond acceptors (Lipinski definition) is 10. The lowest BCUT2D eigenvalue weighted by molar-refractivity contribution is -0.156. The van der Waals surface area contributed by atoms with Crippen LogP contribution in [0.2, 0.25) is 0 Å². The third kappa shape index (κ3) is 17.2. The first-order valence-corrected chi connectivity index (χ1v) is 18.3. The quantitative estimate of drug-likeness (QED) is 0.0732. The number of aromatic hydroxyl groups is 1. The number of cyclic esters (lactones) is 1. The predicted molar refractivity (Wildman–Crippen MR) is 211 cm³/mol. The molecule has 17 heteroatoms.